The van der Waals surface area contributed by atoms with Gasteiger partial charge >= 0.3 is 0 Å². The van der Waals surface area contributed by atoms with Crippen LogP contribution in [0.1, 0.15) is 21.9 Å². The molecule has 1 amide bonds. The number of amides is 1. The van der Waals surface area contributed by atoms with E-state index in [1.807, 2.05) is 37.4 Å². The van der Waals surface area contributed by atoms with E-state index in [-0.39, 0.29) is 5.91 Å². The zero-order valence-corrected chi connectivity index (χ0v) is 15.2. The van der Waals surface area contributed by atoms with E-state index < -0.39 is 0 Å². The Bertz CT molecular complexity index is 1100. The molecule has 1 aromatic carbocycles. The van der Waals surface area contributed by atoms with Crippen molar-refractivity contribution in [3.05, 3.63) is 72.1 Å². The standard InChI is InChI=1S/C19H17N7O2/c1-12-16(11-21-28-12)19(27)25-15-6-4-14(5-7-15)24-17-10-18(23-13(2)22-17)26-9-3-8-20-26/h3-11H,1-2H3,(H,25,27)(H,22,23,24). The summed E-state index contributed by atoms with van der Waals surface area (Å²) in [6.07, 6.45) is 4.91. The molecule has 0 fully saturated rings. The average Bonchev–Trinajstić information content (AvgIpc) is 3.34. The molecular formula is C19H17N7O2. The zero-order chi connectivity index (χ0) is 19.5. The van der Waals surface area contributed by atoms with Gasteiger partial charge in [0.25, 0.3) is 5.91 Å². The van der Waals surface area contributed by atoms with E-state index in [4.69, 9.17) is 4.52 Å². The maximum atomic E-state index is 12.2. The minimum atomic E-state index is -0.269. The molecule has 0 saturated heterocycles. The highest BCUT2D eigenvalue weighted by Gasteiger charge is 2.13. The second-order valence-corrected chi connectivity index (χ2v) is 6.06. The Balaban J connectivity index is 1.48. The number of hydrogen-bond donors (Lipinski definition) is 2. The average molecular weight is 375 g/mol. The number of aryl methyl sites for hydroxylation is 2. The lowest BCUT2D eigenvalue weighted by Crippen LogP contribution is -2.12. The summed E-state index contributed by atoms with van der Waals surface area (Å²) in [6, 6.07) is 10.9. The highest BCUT2D eigenvalue weighted by Crippen LogP contribution is 2.20. The van der Waals surface area contributed by atoms with Gasteiger partial charge in [-0.3, -0.25) is 4.79 Å². The number of carbonyl (C=O) groups is 1. The lowest BCUT2D eigenvalue weighted by atomic mass is 10.2. The summed E-state index contributed by atoms with van der Waals surface area (Å²) in [4.78, 5) is 21.0. The van der Waals surface area contributed by atoms with Gasteiger partial charge in [0, 0.05) is 29.8 Å². The predicted molar refractivity (Wildman–Crippen MR) is 103 cm³/mol. The van der Waals surface area contributed by atoms with Crippen LogP contribution in [0.25, 0.3) is 5.82 Å². The lowest BCUT2D eigenvalue weighted by Gasteiger charge is -2.10. The van der Waals surface area contributed by atoms with Gasteiger partial charge in [-0.2, -0.15) is 5.10 Å². The molecule has 4 aromatic rings. The van der Waals surface area contributed by atoms with Crippen LogP contribution >= 0.6 is 0 Å². The number of carbonyl (C=O) groups excluding carboxylic acids is 1. The minimum Gasteiger partial charge on any atom is -0.361 e. The molecule has 3 aromatic heterocycles. The lowest BCUT2D eigenvalue weighted by molar-refractivity contribution is 0.102. The molecule has 0 unspecified atom stereocenters. The van der Waals surface area contributed by atoms with E-state index in [0.29, 0.717) is 34.5 Å². The number of nitrogens with one attached hydrogen (secondary N) is 2. The van der Waals surface area contributed by atoms with Gasteiger partial charge in [-0.1, -0.05) is 5.16 Å². The first kappa shape index (κ1) is 17.4. The topological polar surface area (TPSA) is 111 Å². The SMILES string of the molecule is Cc1nc(Nc2ccc(NC(=O)c3cnoc3C)cc2)cc(-n2cccn2)n1. The van der Waals surface area contributed by atoms with Crippen LogP contribution in [0.3, 0.4) is 0 Å². The van der Waals surface area contributed by atoms with Gasteiger partial charge in [0.2, 0.25) is 0 Å². The van der Waals surface area contributed by atoms with Crippen LogP contribution in [0.15, 0.2) is 59.5 Å². The van der Waals surface area contributed by atoms with Crippen LogP contribution in [-0.2, 0) is 0 Å². The summed E-state index contributed by atoms with van der Waals surface area (Å²) in [5.41, 5.74) is 1.89. The molecule has 3 heterocycles. The maximum Gasteiger partial charge on any atom is 0.260 e. The van der Waals surface area contributed by atoms with Crippen molar-refractivity contribution < 1.29 is 9.32 Å². The molecule has 4 rings (SSSR count). The fourth-order valence-corrected chi connectivity index (χ4v) is 2.64. The van der Waals surface area contributed by atoms with E-state index in [1.165, 1.54) is 6.20 Å². The van der Waals surface area contributed by atoms with Crippen molar-refractivity contribution in [2.45, 2.75) is 13.8 Å². The molecule has 140 valence electrons. The van der Waals surface area contributed by atoms with Gasteiger partial charge in [0.05, 0.1) is 6.20 Å². The van der Waals surface area contributed by atoms with Crippen LogP contribution in [0.5, 0.6) is 0 Å². The molecule has 0 atom stereocenters. The molecule has 0 saturated carbocycles. The summed E-state index contributed by atoms with van der Waals surface area (Å²) in [5.74, 6) is 2.16. The Kier molecular flexibility index (Phi) is 4.55. The minimum absolute atomic E-state index is 0.269. The first-order chi connectivity index (χ1) is 13.6. The second-order valence-electron chi connectivity index (χ2n) is 6.06. The Morgan fingerprint density at radius 1 is 1.11 bits per heavy atom. The van der Waals surface area contributed by atoms with Gasteiger partial charge < -0.3 is 15.2 Å². The fraction of sp³-hybridized carbons (Fsp3) is 0.105. The van der Waals surface area contributed by atoms with Crippen molar-refractivity contribution in [1.29, 1.82) is 0 Å². The van der Waals surface area contributed by atoms with Crippen molar-refractivity contribution in [2.24, 2.45) is 0 Å². The van der Waals surface area contributed by atoms with Crippen LogP contribution in [0, 0.1) is 13.8 Å². The van der Waals surface area contributed by atoms with Gasteiger partial charge in [0.15, 0.2) is 5.82 Å². The quantitative estimate of drug-likeness (QED) is 0.551. The number of rotatable bonds is 5. The molecule has 0 bridgehead atoms. The molecule has 9 heteroatoms. The van der Waals surface area contributed by atoms with Crippen LogP contribution < -0.4 is 10.6 Å². The molecule has 0 aliphatic rings. The third-order valence-corrected chi connectivity index (χ3v) is 3.97. The van der Waals surface area contributed by atoms with Crippen LogP contribution in [0.2, 0.25) is 0 Å². The summed E-state index contributed by atoms with van der Waals surface area (Å²) >= 11 is 0. The first-order valence-electron chi connectivity index (χ1n) is 8.54. The molecule has 0 radical (unpaired) electrons. The van der Waals surface area contributed by atoms with Gasteiger partial charge in [-0.15, -0.1) is 0 Å². The summed E-state index contributed by atoms with van der Waals surface area (Å²) in [7, 11) is 0. The summed E-state index contributed by atoms with van der Waals surface area (Å²) < 4.78 is 6.59. The summed E-state index contributed by atoms with van der Waals surface area (Å²) in [5, 5.41) is 13.8. The number of hydrogen-bond acceptors (Lipinski definition) is 7. The third-order valence-electron chi connectivity index (χ3n) is 3.97. The van der Waals surface area contributed by atoms with Crippen LogP contribution in [-0.4, -0.2) is 30.8 Å². The van der Waals surface area contributed by atoms with E-state index in [2.05, 4.69) is 30.9 Å². The number of anilines is 3. The molecule has 2 N–H and O–H groups in total. The molecule has 0 spiro atoms. The number of aromatic nitrogens is 5. The Hall–Kier alpha value is -4.01. The van der Waals surface area contributed by atoms with Crippen molar-refractivity contribution in [1.82, 2.24) is 24.9 Å². The number of benzene rings is 1. The third kappa shape index (κ3) is 3.73. The van der Waals surface area contributed by atoms with Crippen molar-refractivity contribution >= 4 is 23.1 Å². The van der Waals surface area contributed by atoms with Crippen molar-refractivity contribution in [3.8, 4) is 5.82 Å². The fourth-order valence-electron chi connectivity index (χ4n) is 2.64. The van der Waals surface area contributed by atoms with Crippen molar-refractivity contribution in [2.75, 3.05) is 10.6 Å². The second kappa shape index (κ2) is 7.31. The van der Waals surface area contributed by atoms with E-state index >= 15 is 0 Å². The molecule has 0 aliphatic heterocycles. The monoisotopic (exact) mass is 375 g/mol. The van der Waals surface area contributed by atoms with Gasteiger partial charge in [-0.05, 0) is 44.2 Å². The normalized spacial score (nSPS) is 10.6. The molecular weight excluding hydrogens is 358 g/mol. The molecule has 0 aliphatic carbocycles. The van der Waals surface area contributed by atoms with E-state index in [0.717, 1.165) is 5.69 Å². The van der Waals surface area contributed by atoms with E-state index in [1.54, 1.807) is 29.9 Å². The zero-order valence-electron chi connectivity index (χ0n) is 15.2. The first-order valence-corrected chi connectivity index (χ1v) is 8.54. The van der Waals surface area contributed by atoms with E-state index in [9.17, 15) is 4.79 Å². The highest BCUT2D eigenvalue weighted by atomic mass is 16.5. The molecule has 9 nitrogen and oxygen atoms in total. The highest BCUT2D eigenvalue weighted by molar-refractivity contribution is 6.04. The van der Waals surface area contributed by atoms with Crippen LogP contribution in [0.4, 0.5) is 17.2 Å². The Labute approximate surface area is 160 Å². The molecule has 28 heavy (non-hydrogen) atoms. The largest absolute Gasteiger partial charge is 0.361 e. The summed E-state index contributed by atoms with van der Waals surface area (Å²) in [6.45, 7) is 3.51. The van der Waals surface area contributed by atoms with Crippen molar-refractivity contribution in [3.63, 3.8) is 0 Å². The predicted octanol–water partition coefficient (Wildman–Crippen LogP) is 3.26. The maximum absolute atomic E-state index is 12.2. The van der Waals surface area contributed by atoms with Gasteiger partial charge in [-0.25, -0.2) is 14.6 Å². The Morgan fingerprint density at radius 2 is 1.89 bits per heavy atom. The Morgan fingerprint density at radius 3 is 2.57 bits per heavy atom. The number of nitrogens with zero attached hydrogens (tertiary/aromatic N) is 5. The van der Waals surface area contributed by atoms with Gasteiger partial charge in [0.1, 0.15) is 23.0 Å². The smallest absolute Gasteiger partial charge is 0.260 e.